The summed E-state index contributed by atoms with van der Waals surface area (Å²) >= 11 is 1.29. The third-order valence-corrected chi connectivity index (χ3v) is 2.41. The van der Waals surface area contributed by atoms with Gasteiger partial charge in [-0.05, 0) is 25.4 Å². The van der Waals surface area contributed by atoms with Crippen LogP contribution in [0.4, 0.5) is 0 Å². The molecule has 13 heavy (non-hydrogen) atoms. The number of carbonyl (C=O) groups is 1. The van der Waals surface area contributed by atoms with Crippen molar-refractivity contribution in [3.8, 4) is 0 Å². The lowest BCUT2D eigenvalue weighted by Crippen LogP contribution is -2.37. The molecule has 0 aliphatic rings. The largest absolute Gasteiger partial charge is 0.350 e. The van der Waals surface area contributed by atoms with Crippen LogP contribution in [0, 0.1) is 6.92 Å². The molecule has 1 rings (SSSR count). The molecule has 6 heteroatoms. The van der Waals surface area contributed by atoms with Crippen LogP contribution in [0.3, 0.4) is 0 Å². The number of nitrogens with two attached hydrogens (primary N) is 1. The topological polar surface area (TPSA) is 80.9 Å². The standard InChI is InChI=1S/C7H12N4OS/c1-4(8)7(12)9-3-6-5(2)10-11-13-6/h4H,3,8H2,1-2H3,(H,9,12). The van der Waals surface area contributed by atoms with E-state index in [1.54, 1.807) is 6.92 Å². The Hall–Kier alpha value is -1.01. The van der Waals surface area contributed by atoms with Crippen molar-refractivity contribution in [3.05, 3.63) is 10.6 Å². The minimum atomic E-state index is -0.471. The summed E-state index contributed by atoms with van der Waals surface area (Å²) in [5.74, 6) is -0.159. The third kappa shape index (κ3) is 2.74. The summed E-state index contributed by atoms with van der Waals surface area (Å²) in [6.07, 6.45) is 0. The first-order valence-corrected chi connectivity index (χ1v) is 4.69. The number of nitrogens with one attached hydrogen (secondary N) is 1. The van der Waals surface area contributed by atoms with Gasteiger partial charge in [0.15, 0.2) is 0 Å². The van der Waals surface area contributed by atoms with Crippen LogP contribution in [-0.4, -0.2) is 21.5 Å². The molecule has 0 spiro atoms. The van der Waals surface area contributed by atoms with Gasteiger partial charge in [-0.25, -0.2) is 0 Å². The Morgan fingerprint density at radius 1 is 1.77 bits per heavy atom. The molecule has 3 N–H and O–H groups in total. The summed E-state index contributed by atoms with van der Waals surface area (Å²) in [6, 6.07) is -0.471. The Bertz CT molecular complexity index is 296. The maximum atomic E-state index is 11.1. The SMILES string of the molecule is Cc1nnsc1CNC(=O)C(C)N. The molecule has 1 amide bonds. The van der Waals surface area contributed by atoms with Crippen LogP contribution in [0.15, 0.2) is 0 Å². The number of hydrogen-bond donors (Lipinski definition) is 2. The summed E-state index contributed by atoms with van der Waals surface area (Å²) in [4.78, 5) is 12.0. The van der Waals surface area contributed by atoms with Crippen molar-refractivity contribution in [2.75, 3.05) is 0 Å². The first-order chi connectivity index (χ1) is 6.11. The van der Waals surface area contributed by atoms with Crippen LogP contribution < -0.4 is 11.1 Å². The lowest BCUT2D eigenvalue weighted by Gasteiger charge is -2.05. The van der Waals surface area contributed by atoms with Gasteiger partial charge in [0, 0.05) is 0 Å². The summed E-state index contributed by atoms with van der Waals surface area (Å²) in [5.41, 5.74) is 6.23. The Morgan fingerprint density at radius 2 is 2.46 bits per heavy atom. The van der Waals surface area contributed by atoms with Crippen LogP contribution in [0.1, 0.15) is 17.5 Å². The van der Waals surface area contributed by atoms with Crippen LogP contribution in [0.5, 0.6) is 0 Å². The molecule has 1 unspecified atom stereocenters. The van der Waals surface area contributed by atoms with E-state index in [2.05, 4.69) is 14.9 Å². The second kappa shape index (κ2) is 4.29. The highest BCUT2D eigenvalue weighted by Gasteiger charge is 2.08. The molecule has 0 aliphatic heterocycles. The fourth-order valence-corrected chi connectivity index (χ4v) is 1.31. The van der Waals surface area contributed by atoms with Crippen LogP contribution >= 0.6 is 11.5 Å². The van der Waals surface area contributed by atoms with E-state index >= 15 is 0 Å². The van der Waals surface area contributed by atoms with E-state index in [0.29, 0.717) is 6.54 Å². The second-order valence-electron chi connectivity index (χ2n) is 2.79. The van der Waals surface area contributed by atoms with Gasteiger partial charge in [-0.3, -0.25) is 4.79 Å². The van der Waals surface area contributed by atoms with Crippen LogP contribution in [0.25, 0.3) is 0 Å². The Morgan fingerprint density at radius 3 is 2.92 bits per heavy atom. The van der Waals surface area contributed by atoms with Gasteiger partial charge in [0.05, 0.1) is 23.2 Å². The average Bonchev–Trinajstić information content (AvgIpc) is 2.47. The van der Waals surface area contributed by atoms with Gasteiger partial charge in [-0.1, -0.05) is 4.49 Å². The zero-order valence-electron chi connectivity index (χ0n) is 7.57. The number of aromatic nitrogens is 2. The number of carbonyl (C=O) groups excluding carboxylic acids is 1. The summed E-state index contributed by atoms with van der Waals surface area (Å²) in [6.45, 7) is 3.97. The van der Waals surface area contributed by atoms with Crippen LogP contribution in [-0.2, 0) is 11.3 Å². The number of amides is 1. The van der Waals surface area contributed by atoms with E-state index in [1.807, 2.05) is 6.92 Å². The quantitative estimate of drug-likeness (QED) is 0.708. The minimum Gasteiger partial charge on any atom is -0.350 e. The number of rotatable bonds is 3. The summed E-state index contributed by atoms with van der Waals surface area (Å²) in [7, 11) is 0. The highest BCUT2D eigenvalue weighted by molar-refractivity contribution is 7.05. The molecule has 5 nitrogen and oxygen atoms in total. The van der Waals surface area contributed by atoms with E-state index in [-0.39, 0.29) is 5.91 Å². The monoisotopic (exact) mass is 200 g/mol. The molecule has 0 saturated heterocycles. The minimum absolute atomic E-state index is 0.159. The molecule has 1 aromatic rings. The molecule has 0 saturated carbocycles. The highest BCUT2D eigenvalue weighted by atomic mass is 32.1. The van der Waals surface area contributed by atoms with Gasteiger partial charge < -0.3 is 11.1 Å². The maximum Gasteiger partial charge on any atom is 0.236 e. The van der Waals surface area contributed by atoms with E-state index in [1.165, 1.54) is 11.5 Å². The highest BCUT2D eigenvalue weighted by Crippen LogP contribution is 2.07. The smallest absolute Gasteiger partial charge is 0.236 e. The normalized spacial score (nSPS) is 12.5. The summed E-state index contributed by atoms with van der Waals surface area (Å²) < 4.78 is 3.75. The van der Waals surface area contributed by atoms with Gasteiger partial charge in [-0.2, -0.15) is 0 Å². The van der Waals surface area contributed by atoms with Gasteiger partial charge in [0.25, 0.3) is 0 Å². The van der Waals surface area contributed by atoms with Gasteiger partial charge in [-0.15, -0.1) is 5.10 Å². The maximum absolute atomic E-state index is 11.1. The fraction of sp³-hybridized carbons (Fsp3) is 0.571. The van der Waals surface area contributed by atoms with Crippen molar-refractivity contribution in [2.45, 2.75) is 26.4 Å². The first kappa shape index (κ1) is 10.1. The van der Waals surface area contributed by atoms with Crippen molar-refractivity contribution in [1.29, 1.82) is 0 Å². The van der Waals surface area contributed by atoms with Crippen molar-refractivity contribution < 1.29 is 4.79 Å². The van der Waals surface area contributed by atoms with Gasteiger partial charge >= 0.3 is 0 Å². The van der Waals surface area contributed by atoms with E-state index in [0.717, 1.165) is 10.6 Å². The Labute approximate surface area is 80.5 Å². The zero-order chi connectivity index (χ0) is 9.84. The Balaban J connectivity index is 2.44. The lowest BCUT2D eigenvalue weighted by atomic mass is 10.3. The molecular formula is C7H12N4OS. The molecule has 1 atom stereocenters. The molecule has 0 aliphatic carbocycles. The molecule has 0 radical (unpaired) electrons. The van der Waals surface area contributed by atoms with E-state index in [4.69, 9.17) is 5.73 Å². The van der Waals surface area contributed by atoms with Gasteiger partial charge in [0.1, 0.15) is 0 Å². The third-order valence-electron chi connectivity index (χ3n) is 1.58. The number of hydrogen-bond acceptors (Lipinski definition) is 5. The summed E-state index contributed by atoms with van der Waals surface area (Å²) in [5, 5.41) is 6.52. The van der Waals surface area contributed by atoms with E-state index in [9.17, 15) is 4.79 Å². The number of aryl methyl sites for hydroxylation is 1. The Kier molecular flexibility index (Phi) is 3.32. The molecule has 1 aromatic heterocycles. The predicted molar refractivity (Wildman–Crippen MR) is 50.1 cm³/mol. The lowest BCUT2D eigenvalue weighted by molar-refractivity contribution is -0.122. The average molecular weight is 200 g/mol. The van der Waals surface area contributed by atoms with Gasteiger partial charge in [0.2, 0.25) is 5.91 Å². The van der Waals surface area contributed by atoms with E-state index < -0.39 is 6.04 Å². The predicted octanol–water partition coefficient (Wildman–Crippen LogP) is -0.190. The van der Waals surface area contributed by atoms with Crippen LogP contribution in [0.2, 0.25) is 0 Å². The molecule has 1 heterocycles. The molecule has 0 bridgehead atoms. The first-order valence-electron chi connectivity index (χ1n) is 3.92. The fourth-order valence-electron chi connectivity index (χ4n) is 0.741. The van der Waals surface area contributed by atoms with Crippen molar-refractivity contribution in [1.82, 2.24) is 14.9 Å². The molecule has 0 fully saturated rings. The zero-order valence-corrected chi connectivity index (χ0v) is 8.39. The second-order valence-corrected chi connectivity index (χ2v) is 3.63. The molecular weight excluding hydrogens is 188 g/mol. The van der Waals surface area contributed by atoms with Crippen molar-refractivity contribution >= 4 is 17.4 Å². The molecule has 72 valence electrons. The van der Waals surface area contributed by atoms with Crippen molar-refractivity contribution in [2.24, 2.45) is 5.73 Å². The van der Waals surface area contributed by atoms with Crippen molar-refractivity contribution in [3.63, 3.8) is 0 Å². The number of nitrogens with zero attached hydrogens (tertiary/aromatic N) is 2. The molecule has 0 aromatic carbocycles.